The van der Waals surface area contributed by atoms with E-state index in [0.717, 1.165) is 43.6 Å². The number of amides is 1. The van der Waals surface area contributed by atoms with Crippen molar-refractivity contribution in [2.24, 2.45) is 5.92 Å². The third-order valence-corrected chi connectivity index (χ3v) is 4.96. The van der Waals surface area contributed by atoms with E-state index in [2.05, 4.69) is 5.32 Å². The highest BCUT2D eigenvalue weighted by atomic mass is 16.5. The molecular weight excluding hydrogens is 342 g/mol. The summed E-state index contributed by atoms with van der Waals surface area (Å²) >= 11 is 0. The quantitative estimate of drug-likeness (QED) is 0.717. The molecule has 5 heteroatoms. The molecule has 3 rings (SSSR count). The zero-order chi connectivity index (χ0) is 19.1. The van der Waals surface area contributed by atoms with Crippen LogP contribution in [0.25, 0.3) is 11.1 Å². The van der Waals surface area contributed by atoms with Gasteiger partial charge in [-0.05, 0) is 60.6 Å². The van der Waals surface area contributed by atoms with Crippen LogP contribution < -0.4 is 14.8 Å². The van der Waals surface area contributed by atoms with Crippen molar-refractivity contribution < 1.29 is 19.0 Å². The number of rotatable bonds is 8. The first-order chi connectivity index (χ1) is 13.2. The second kappa shape index (κ2) is 9.42. The highest BCUT2D eigenvalue weighted by Gasteiger charge is 2.15. The SMILES string of the molecule is COc1ccc(-c2ccc(C(=O)NCCC[C@H]3CCOC3)cc2)cc1OC. The van der Waals surface area contributed by atoms with Gasteiger partial charge in [0.25, 0.3) is 5.91 Å². The largest absolute Gasteiger partial charge is 0.493 e. The van der Waals surface area contributed by atoms with Crippen LogP contribution >= 0.6 is 0 Å². The molecule has 1 aliphatic rings. The van der Waals surface area contributed by atoms with Gasteiger partial charge in [0.05, 0.1) is 14.2 Å². The average molecular weight is 369 g/mol. The van der Waals surface area contributed by atoms with Crippen molar-refractivity contribution in [1.82, 2.24) is 5.32 Å². The summed E-state index contributed by atoms with van der Waals surface area (Å²) in [4.78, 5) is 12.3. The van der Waals surface area contributed by atoms with Gasteiger partial charge in [0.2, 0.25) is 0 Å². The van der Waals surface area contributed by atoms with Crippen LogP contribution in [0, 0.1) is 5.92 Å². The summed E-state index contributed by atoms with van der Waals surface area (Å²) < 4.78 is 16.0. The molecule has 2 aromatic rings. The van der Waals surface area contributed by atoms with Gasteiger partial charge in [0.15, 0.2) is 11.5 Å². The summed E-state index contributed by atoms with van der Waals surface area (Å²) in [5.41, 5.74) is 2.70. The van der Waals surface area contributed by atoms with Gasteiger partial charge in [0.1, 0.15) is 0 Å². The fourth-order valence-corrected chi connectivity index (χ4v) is 3.34. The molecule has 1 saturated heterocycles. The molecule has 1 amide bonds. The van der Waals surface area contributed by atoms with E-state index in [4.69, 9.17) is 14.2 Å². The van der Waals surface area contributed by atoms with Crippen LogP contribution in [-0.4, -0.2) is 39.9 Å². The summed E-state index contributed by atoms with van der Waals surface area (Å²) in [6, 6.07) is 13.4. The van der Waals surface area contributed by atoms with Gasteiger partial charge in [-0.3, -0.25) is 4.79 Å². The lowest BCUT2D eigenvalue weighted by molar-refractivity contribution is 0.0952. The molecule has 0 spiro atoms. The third kappa shape index (κ3) is 5.01. The van der Waals surface area contributed by atoms with Crippen molar-refractivity contribution in [3.63, 3.8) is 0 Å². The fraction of sp³-hybridized carbons (Fsp3) is 0.409. The van der Waals surface area contributed by atoms with Crippen molar-refractivity contribution in [2.45, 2.75) is 19.3 Å². The minimum absolute atomic E-state index is 0.0310. The molecular formula is C22H27NO4. The number of carbonyl (C=O) groups excluding carboxylic acids is 1. The molecule has 1 heterocycles. The lowest BCUT2D eigenvalue weighted by Gasteiger charge is -2.11. The molecule has 1 atom stereocenters. The normalized spacial score (nSPS) is 16.1. The summed E-state index contributed by atoms with van der Waals surface area (Å²) in [7, 11) is 3.24. The molecule has 0 saturated carbocycles. The molecule has 0 unspecified atom stereocenters. The van der Waals surface area contributed by atoms with E-state index < -0.39 is 0 Å². The Morgan fingerprint density at radius 1 is 1.07 bits per heavy atom. The Hall–Kier alpha value is -2.53. The summed E-state index contributed by atoms with van der Waals surface area (Å²) in [5.74, 6) is 2.00. The van der Waals surface area contributed by atoms with Crippen LogP contribution in [0.3, 0.4) is 0 Å². The summed E-state index contributed by atoms with van der Waals surface area (Å²) in [5, 5.41) is 3.00. The Balaban J connectivity index is 1.55. The Morgan fingerprint density at radius 3 is 2.48 bits per heavy atom. The van der Waals surface area contributed by atoms with Crippen molar-refractivity contribution in [3.8, 4) is 22.6 Å². The average Bonchev–Trinajstić information content (AvgIpc) is 3.24. The first-order valence-electron chi connectivity index (χ1n) is 9.39. The van der Waals surface area contributed by atoms with E-state index in [1.807, 2.05) is 42.5 Å². The number of nitrogens with one attached hydrogen (secondary N) is 1. The molecule has 2 aromatic carbocycles. The Kier molecular flexibility index (Phi) is 6.71. The number of benzene rings is 2. The molecule has 1 N–H and O–H groups in total. The Labute approximate surface area is 160 Å². The van der Waals surface area contributed by atoms with Gasteiger partial charge in [-0.15, -0.1) is 0 Å². The van der Waals surface area contributed by atoms with E-state index >= 15 is 0 Å². The lowest BCUT2D eigenvalue weighted by atomic mass is 10.0. The van der Waals surface area contributed by atoms with Crippen LogP contribution in [0.1, 0.15) is 29.6 Å². The van der Waals surface area contributed by atoms with Crippen LogP contribution in [0.15, 0.2) is 42.5 Å². The number of methoxy groups -OCH3 is 2. The second-order valence-corrected chi connectivity index (χ2v) is 6.77. The number of hydrogen-bond acceptors (Lipinski definition) is 4. The van der Waals surface area contributed by atoms with Crippen molar-refractivity contribution >= 4 is 5.91 Å². The molecule has 1 fully saturated rings. The van der Waals surface area contributed by atoms with Crippen LogP contribution in [0.5, 0.6) is 11.5 Å². The molecule has 0 aliphatic carbocycles. The Bertz CT molecular complexity index is 751. The maximum absolute atomic E-state index is 12.3. The maximum Gasteiger partial charge on any atom is 0.251 e. The maximum atomic E-state index is 12.3. The minimum atomic E-state index is -0.0310. The second-order valence-electron chi connectivity index (χ2n) is 6.77. The van der Waals surface area contributed by atoms with Gasteiger partial charge in [-0.25, -0.2) is 0 Å². The van der Waals surface area contributed by atoms with Gasteiger partial charge >= 0.3 is 0 Å². The minimum Gasteiger partial charge on any atom is -0.493 e. The van der Waals surface area contributed by atoms with E-state index in [1.54, 1.807) is 14.2 Å². The molecule has 1 aliphatic heterocycles. The van der Waals surface area contributed by atoms with Gasteiger partial charge in [-0.1, -0.05) is 18.2 Å². The van der Waals surface area contributed by atoms with Crippen LogP contribution in [0.4, 0.5) is 0 Å². The zero-order valence-electron chi connectivity index (χ0n) is 16.0. The smallest absolute Gasteiger partial charge is 0.251 e. The van der Waals surface area contributed by atoms with E-state index in [9.17, 15) is 4.79 Å². The van der Waals surface area contributed by atoms with E-state index in [1.165, 1.54) is 0 Å². The van der Waals surface area contributed by atoms with E-state index in [-0.39, 0.29) is 5.91 Å². The number of ether oxygens (including phenoxy) is 3. The zero-order valence-corrected chi connectivity index (χ0v) is 16.0. The van der Waals surface area contributed by atoms with E-state index in [0.29, 0.717) is 29.5 Å². The fourth-order valence-electron chi connectivity index (χ4n) is 3.34. The molecule has 27 heavy (non-hydrogen) atoms. The van der Waals surface area contributed by atoms with Gasteiger partial charge < -0.3 is 19.5 Å². The third-order valence-electron chi connectivity index (χ3n) is 4.96. The lowest BCUT2D eigenvalue weighted by Crippen LogP contribution is -2.24. The van der Waals surface area contributed by atoms with Crippen molar-refractivity contribution in [2.75, 3.05) is 34.0 Å². The molecule has 0 bridgehead atoms. The van der Waals surface area contributed by atoms with Gasteiger partial charge in [-0.2, -0.15) is 0 Å². The van der Waals surface area contributed by atoms with Crippen LogP contribution in [-0.2, 0) is 4.74 Å². The Morgan fingerprint density at radius 2 is 1.81 bits per heavy atom. The van der Waals surface area contributed by atoms with Crippen molar-refractivity contribution in [3.05, 3.63) is 48.0 Å². The summed E-state index contributed by atoms with van der Waals surface area (Å²) in [6.45, 7) is 2.45. The predicted octanol–water partition coefficient (Wildman–Crippen LogP) is 3.92. The molecule has 144 valence electrons. The monoisotopic (exact) mass is 369 g/mol. The van der Waals surface area contributed by atoms with Crippen molar-refractivity contribution in [1.29, 1.82) is 0 Å². The predicted molar refractivity (Wildman–Crippen MR) is 105 cm³/mol. The molecule has 5 nitrogen and oxygen atoms in total. The highest BCUT2D eigenvalue weighted by Crippen LogP contribution is 2.32. The first-order valence-corrected chi connectivity index (χ1v) is 9.39. The topological polar surface area (TPSA) is 56.8 Å². The highest BCUT2D eigenvalue weighted by molar-refractivity contribution is 5.94. The van der Waals surface area contributed by atoms with Crippen LogP contribution in [0.2, 0.25) is 0 Å². The number of hydrogen-bond donors (Lipinski definition) is 1. The molecule has 0 aromatic heterocycles. The first kappa shape index (κ1) is 19.2. The summed E-state index contributed by atoms with van der Waals surface area (Å²) in [6.07, 6.45) is 3.24. The number of carbonyl (C=O) groups is 1. The molecule has 0 radical (unpaired) electrons. The van der Waals surface area contributed by atoms with Gasteiger partial charge in [0, 0.05) is 25.3 Å². The standard InChI is InChI=1S/C22H27NO4/c1-25-20-10-9-19(14-21(20)26-2)17-5-7-18(8-6-17)22(24)23-12-3-4-16-11-13-27-15-16/h5-10,14,16H,3-4,11-13,15H2,1-2H3,(H,23,24)/t16-/m0/s1.